The predicted octanol–water partition coefficient (Wildman–Crippen LogP) is -1.93. The van der Waals surface area contributed by atoms with Gasteiger partial charge < -0.3 is 15.3 Å². The number of benzene rings is 1. The highest BCUT2D eigenvalue weighted by Gasteiger charge is 2.37. The summed E-state index contributed by atoms with van der Waals surface area (Å²) >= 11 is 0. The van der Waals surface area contributed by atoms with E-state index in [1.54, 1.807) is 30.3 Å². The maximum Gasteiger partial charge on any atom is 0.352 e. The van der Waals surface area contributed by atoms with Gasteiger partial charge in [0.25, 0.3) is 0 Å². The first-order valence-corrected chi connectivity index (χ1v) is 6.53. The van der Waals surface area contributed by atoms with Gasteiger partial charge in [0.2, 0.25) is 0 Å². The third-order valence-corrected chi connectivity index (χ3v) is 3.72. The van der Waals surface area contributed by atoms with Crippen molar-refractivity contribution in [3.63, 3.8) is 0 Å². The lowest BCUT2D eigenvalue weighted by molar-refractivity contribution is -0.0692. The van der Waals surface area contributed by atoms with Crippen LogP contribution in [0.25, 0.3) is 5.69 Å². The highest BCUT2D eigenvalue weighted by atomic mass is 16.3. The molecule has 0 fully saturated rings. The normalized spacial score (nSPS) is 24.8. The van der Waals surface area contributed by atoms with Crippen LogP contribution in [0.3, 0.4) is 0 Å². The second kappa shape index (κ2) is 4.99. The molecule has 0 radical (unpaired) electrons. The number of nitrogens with zero attached hydrogens (tertiary/aromatic N) is 3. The molecule has 0 saturated carbocycles. The molecule has 2 heterocycles. The largest absolute Gasteiger partial charge is 0.394 e. The molecule has 0 amide bonds. The first-order chi connectivity index (χ1) is 10.1. The summed E-state index contributed by atoms with van der Waals surface area (Å²) in [6.45, 7) is -0.762. The van der Waals surface area contributed by atoms with Crippen LogP contribution in [0.2, 0.25) is 0 Å². The van der Waals surface area contributed by atoms with Gasteiger partial charge in [-0.2, -0.15) is 0 Å². The lowest BCUT2D eigenvalue weighted by atomic mass is 10.2. The van der Waals surface area contributed by atoms with E-state index in [0.29, 0.717) is 5.69 Å². The van der Waals surface area contributed by atoms with Gasteiger partial charge in [-0.1, -0.05) is 18.2 Å². The number of aliphatic hydroxyl groups is 3. The fourth-order valence-corrected chi connectivity index (χ4v) is 2.65. The zero-order valence-corrected chi connectivity index (χ0v) is 11.0. The number of aliphatic hydroxyl groups excluding tert-OH is 3. The second-order valence-electron chi connectivity index (χ2n) is 4.97. The summed E-state index contributed by atoms with van der Waals surface area (Å²) < 4.78 is 3.01. The minimum atomic E-state index is -1.31. The summed E-state index contributed by atoms with van der Waals surface area (Å²) in [6.07, 6.45) is -2.52. The Bertz CT molecular complexity index is 760. The molecule has 8 heteroatoms. The van der Waals surface area contributed by atoms with Gasteiger partial charge in [0, 0.05) is 0 Å². The third kappa shape index (κ3) is 1.96. The van der Waals surface area contributed by atoms with E-state index in [-0.39, 0.29) is 6.54 Å². The molecule has 0 spiro atoms. The lowest BCUT2D eigenvalue weighted by Gasteiger charge is -2.32. The topological polar surface area (TPSA) is 110 Å². The maximum absolute atomic E-state index is 12.5. The van der Waals surface area contributed by atoms with E-state index < -0.39 is 36.2 Å². The van der Waals surface area contributed by atoms with Gasteiger partial charge in [-0.25, -0.2) is 23.5 Å². The van der Waals surface area contributed by atoms with E-state index in [2.05, 4.69) is 0 Å². The van der Waals surface area contributed by atoms with Gasteiger partial charge in [-0.3, -0.25) is 0 Å². The number of hydrogen-bond acceptors (Lipinski definition) is 5. The van der Waals surface area contributed by atoms with E-state index in [1.807, 2.05) is 0 Å². The molecule has 1 aliphatic rings. The van der Waals surface area contributed by atoms with Crippen LogP contribution in [-0.4, -0.2) is 48.1 Å². The molecule has 1 aliphatic heterocycles. The van der Waals surface area contributed by atoms with Crippen molar-refractivity contribution in [2.75, 3.05) is 6.61 Å². The molecule has 0 bridgehead atoms. The summed E-state index contributed by atoms with van der Waals surface area (Å²) in [5, 5.41) is 29.0. The van der Waals surface area contributed by atoms with Crippen LogP contribution in [0, 0.1) is 0 Å². The van der Waals surface area contributed by atoms with Crippen molar-refractivity contribution >= 4 is 0 Å². The molecule has 2 aromatic rings. The molecule has 8 nitrogen and oxygen atoms in total. The van der Waals surface area contributed by atoms with Crippen LogP contribution >= 0.6 is 0 Å². The standard InChI is InChI=1S/C13H15N3O5/c17-7-9-11(19)10(18)6-14-12(20)15(13(21)16(9)14)8-4-2-1-3-5-8/h1-5,9-11,17-19H,6-7H2/t9-,10-,11-/m1/s1/i9+1. The highest BCUT2D eigenvalue weighted by molar-refractivity contribution is 5.30. The summed E-state index contributed by atoms with van der Waals surface area (Å²) in [5.74, 6) is 0. The molecule has 0 unspecified atom stereocenters. The van der Waals surface area contributed by atoms with E-state index in [9.17, 15) is 24.9 Å². The van der Waals surface area contributed by atoms with E-state index >= 15 is 0 Å². The Balaban J connectivity index is 2.27. The van der Waals surface area contributed by atoms with Crippen molar-refractivity contribution in [2.24, 2.45) is 0 Å². The zero-order valence-electron chi connectivity index (χ0n) is 11.0. The van der Waals surface area contributed by atoms with Crippen molar-refractivity contribution in [1.29, 1.82) is 0 Å². The molecule has 1 aromatic carbocycles. The van der Waals surface area contributed by atoms with Crippen molar-refractivity contribution in [1.82, 2.24) is 13.9 Å². The van der Waals surface area contributed by atoms with Gasteiger partial charge in [0.15, 0.2) is 0 Å². The smallest absolute Gasteiger partial charge is 0.352 e. The Morgan fingerprint density at radius 3 is 2.38 bits per heavy atom. The molecule has 3 N–H and O–H groups in total. The molecule has 112 valence electrons. The average Bonchev–Trinajstić information content (AvgIpc) is 2.73. The van der Waals surface area contributed by atoms with E-state index in [4.69, 9.17) is 0 Å². The molecular weight excluding hydrogens is 279 g/mol. The van der Waals surface area contributed by atoms with Crippen LogP contribution < -0.4 is 11.4 Å². The molecule has 1 aromatic heterocycles. The first kappa shape index (κ1) is 13.8. The van der Waals surface area contributed by atoms with Gasteiger partial charge in [-0.05, 0) is 12.1 Å². The number of fused-ring (bicyclic) bond motifs is 1. The SMILES string of the molecule is O=c1n(-c2ccccc2)c(=O)n2n1C[C@@H](O)[C@H](O)[13C@H]2CO. The molecule has 3 atom stereocenters. The summed E-state index contributed by atoms with van der Waals surface area (Å²) in [4.78, 5) is 24.8. The first-order valence-electron chi connectivity index (χ1n) is 6.53. The minimum absolute atomic E-state index is 0.203. The van der Waals surface area contributed by atoms with Crippen molar-refractivity contribution in [3.05, 3.63) is 51.3 Å². The van der Waals surface area contributed by atoms with Crippen molar-refractivity contribution in [2.45, 2.75) is 24.8 Å². The Morgan fingerprint density at radius 2 is 1.76 bits per heavy atom. The van der Waals surface area contributed by atoms with E-state index in [1.165, 1.54) is 0 Å². The Hall–Kier alpha value is -2.16. The molecule has 0 saturated heterocycles. The summed E-state index contributed by atoms with van der Waals surface area (Å²) in [6, 6.07) is 7.29. The number of aromatic nitrogens is 3. The maximum atomic E-state index is 12.5. The molecular formula is C13H15N3O5. The monoisotopic (exact) mass is 294 g/mol. The third-order valence-electron chi connectivity index (χ3n) is 3.72. The van der Waals surface area contributed by atoms with Gasteiger partial charge in [-0.15, -0.1) is 0 Å². The second-order valence-corrected chi connectivity index (χ2v) is 4.97. The lowest BCUT2D eigenvalue weighted by Crippen LogP contribution is -2.51. The van der Waals surface area contributed by atoms with Crippen molar-refractivity contribution < 1.29 is 15.3 Å². The number of rotatable bonds is 2. The van der Waals surface area contributed by atoms with Crippen LogP contribution in [0.5, 0.6) is 0 Å². The number of para-hydroxylation sites is 1. The predicted molar refractivity (Wildman–Crippen MR) is 72.4 cm³/mol. The zero-order chi connectivity index (χ0) is 15.1. The van der Waals surface area contributed by atoms with Gasteiger partial charge in [0.1, 0.15) is 18.2 Å². The molecule has 21 heavy (non-hydrogen) atoms. The number of hydrogen-bond donors (Lipinski definition) is 3. The van der Waals surface area contributed by atoms with Crippen LogP contribution in [0.4, 0.5) is 0 Å². The molecule has 0 aliphatic carbocycles. The van der Waals surface area contributed by atoms with Crippen LogP contribution in [0.1, 0.15) is 6.04 Å². The minimum Gasteiger partial charge on any atom is -0.394 e. The van der Waals surface area contributed by atoms with Gasteiger partial charge >= 0.3 is 11.4 Å². The van der Waals surface area contributed by atoms with Crippen LogP contribution in [0.15, 0.2) is 39.9 Å². The quantitative estimate of drug-likeness (QED) is 0.559. The van der Waals surface area contributed by atoms with Crippen molar-refractivity contribution in [3.8, 4) is 5.69 Å². The van der Waals surface area contributed by atoms with Gasteiger partial charge in [0.05, 0.1) is 18.8 Å². The van der Waals surface area contributed by atoms with E-state index in [0.717, 1.165) is 13.9 Å². The summed E-state index contributed by atoms with van der Waals surface area (Å²) in [5.41, 5.74) is -0.880. The Labute approximate surface area is 118 Å². The Kier molecular flexibility index (Phi) is 3.28. The fourth-order valence-electron chi connectivity index (χ4n) is 2.65. The average molecular weight is 294 g/mol. The highest BCUT2D eigenvalue weighted by Crippen LogP contribution is 2.18. The Morgan fingerprint density at radius 1 is 1.10 bits per heavy atom. The fraction of sp³-hybridized carbons (Fsp3) is 0.385. The van der Waals surface area contributed by atoms with Crippen LogP contribution in [-0.2, 0) is 6.54 Å². The summed E-state index contributed by atoms with van der Waals surface area (Å²) in [7, 11) is 0. The molecule has 3 rings (SSSR count).